The molecule has 4 rings (SSSR count). The van der Waals surface area contributed by atoms with Crippen LogP contribution >= 0.6 is 0 Å². The van der Waals surface area contributed by atoms with Gasteiger partial charge in [0.05, 0.1) is 16.0 Å². The Hall–Kier alpha value is -4.00. The molecule has 144 valence electrons. The maximum absolute atomic E-state index is 12.8. The van der Waals surface area contributed by atoms with Crippen molar-refractivity contribution in [1.29, 1.82) is 0 Å². The van der Waals surface area contributed by atoms with Gasteiger partial charge in [0.25, 0.3) is 5.69 Å². The van der Waals surface area contributed by atoms with Crippen molar-refractivity contribution in [2.75, 3.05) is 0 Å². The van der Waals surface area contributed by atoms with E-state index in [0.29, 0.717) is 27.4 Å². The van der Waals surface area contributed by atoms with E-state index in [4.69, 9.17) is 4.74 Å². The number of esters is 1. The predicted octanol–water partition coefficient (Wildman–Crippen LogP) is 3.98. The summed E-state index contributed by atoms with van der Waals surface area (Å²) in [7, 11) is 0. The van der Waals surface area contributed by atoms with Crippen molar-refractivity contribution in [2.45, 2.75) is 13.5 Å². The first-order valence-corrected chi connectivity index (χ1v) is 8.91. The molecule has 0 amide bonds. The summed E-state index contributed by atoms with van der Waals surface area (Å²) in [5.74, 6) is -0.315. The van der Waals surface area contributed by atoms with E-state index in [1.54, 1.807) is 60.0 Å². The predicted molar refractivity (Wildman–Crippen MR) is 109 cm³/mol. The number of fused-ring (bicyclic) bond motifs is 2. The maximum Gasteiger partial charge on any atom is 0.331 e. The van der Waals surface area contributed by atoms with Crippen molar-refractivity contribution < 1.29 is 14.5 Å². The van der Waals surface area contributed by atoms with Gasteiger partial charge >= 0.3 is 5.97 Å². The van der Waals surface area contributed by atoms with E-state index in [2.05, 4.69) is 0 Å². The number of ether oxygens (including phenoxy) is 1. The largest absolute Gasteiger partial charge is 0.425 e. The van der Waals surface area contributed by atoms with Gasteiger partial charge in [-0.05, 0) is 43.3 Å². The first-order valence-electron chi connectivity index (χ1n) is 8.91. The standard InChI is InChI=1S/C22H16N2O5/c1-14-12-15(10-11-18(14)24(27)28)29-21(25)13-23-19-8-4-2-6-16(19)22(26)17-7-3-5-9-20(17)23/h2-12H,13H2,1H3. The molecule has 0 spiro atoms. The van der Waals surface area contributed by atoms with Gasteiger partial charge in [0.2, 0.25) is 0 Å². The molecule has 0 fully saturated rings. The Morgan fingerprint density at radius 1 is 1.00 bits per heavy atom. The number of aromatic nitrogens is 1. The van der Waals surface area contributed by atoms with Crippen LogP contribution in [0.25, 0.3) is 21.8 Å². The van der Waals surface area contributed by atoms with Crippen LogP contribution in [0.4, 0.5) is 5.69 Å². The van der Waals surface area contributed by atoms with E-state index in [1.807, 2.05) is 0 Å². The van der Waals surface area contributed by atoms with Crippen molar-refractivity contribution in [2.24, 2.45) is 0 Å². The molecule has 0 aliphatic heterocycles. The Balaban J connectivity index is 1.73. The van der Waals surface area contributed by atoms with Crippen molar-refractivity contribution in [3.05, 3.63) is 92.6 Å². The van der Waals surface area contributed by atoms with Crippen molar-refractivity contribution in [1.82, 2.24) is 4.57 Å². The van der Waals surface area contributed by atoms with Crippen LogP contribution in [0.3, 0.4) is 0 Å². The Kier molecular flexibility index (Phi) is 4.56. The highest BCUT2D eigenvalue weighted by molar-refractivity contribution is 5.94. The smallest absolute Gasteiger partial charge is 0.331 e. The molecule has 1 aromatic heterocycles. The molecular weight excluding hydrogens is 372 g/mol. The molecule has 7 nitrogen and oxygen atoms in total. The second-order valence-electron chi connectivity index (χ2n) is 6.63. The first-order chi connectivity index (χ1) is 14.0. The molecule has 0 saturated heterocycles. The fraction of sp³-hybridized carbons (Fsp3) is 0.0909. The minimum absolute atomic E-state index is 0.0396. The summed E-state index contributed by atoms with van der Waals surface area (Å²) in [6.45, 7) is 1.47. The van der Waals surface area contributed by atoms with Gasteiger partial charge in [0, 0.05) is 22.4 Å². The average Bonchev–Trinajstić information content (AvgIpc) is 2.71. The Labute approximate surface area is 164 Å². The summed E-state index contributed by atoms with van der Waals surface area (Å²) in [5.41, 5.74) is 1.54. The van der Waals surface area contributed by atoms with Gasteiger partial charge in [-0.1, -0.05) is 24.3 Å². The van der Waals surface area contributed by atoms with E-state index < -0.39 is 10.9 Å². The molecule has 0 saturated carbocycles. The van der Waals surface area contributed by atoms with E-state index in [9.17, 15) is 19.7 Å². The van der Waals surface area contributed by atoms with Crippen LogP contribution < -0.4 is 10.2 Å². The maximum atomic E-state index is 12.8. The molecule has 0 N–H and O–H groups in total. The van der Waals surface area contributed by atoms with Crippen LogP contribution in [0.1, 0.15) is 5.56 Å². The molecule has 4 aromatic rings. The molecule has 0 bridgehead atoms. The number of hydrogen-bond acceptors (Lipinski definition) is 5. The lowest BCUT2D eigenvalue weighted by atomic mass is 10.1. The Morgan fingerprint density at radius 3 is 2.14 bits per heavy atom. The van der Waals surface area contributed by atoms with Crippen LogP contribution in [0.5, 0.6) is 5.75 Å². The molecule has 1 heterocycles. The minimum Gasteiger partial charge on any atom is -0.425 e. The van der Waals surface area contributed by atoms with Crippen LogP contribution in [0, 0.1) is 17.0 Å². The zero-order chi connectivity index (χ0) is 20.5. The summed E-state index contributed by atoms with van der Waals surface area (Å²) in [6, 6.07) is 18.3. The quantitative estimate of drug-likeness (QED) is 0.173. The van der Waals surface area contributed by atoms with Gasteiger partial charge in [-0.15, -0.1) is 0 Å². The van der Waals surface area contributed by atoms with Crippen molar-refractivity contribution >= 4 is 33.5 Å². The van der Waals surface area contributed by atoms with Gasteiger partial charge in [0.15, 0.2) is 5.43 Å². The number of carbonyl (C=O) groups excluding carboxylic acids is 1. The van der Waals surface area contributed by atoms with Gasteiger partial charge < -0.3 is 9.30 Å². The minimum atomic E-state index is -0.544. The molecule has 0 aliphatic rings. The second kappa shape index (κ2) is 7.20. The SMILES string of the molecule is Cc1cc(OC(=O)Cn2c3ccccc3c(=O)c3ccccc32)ccc1[N+](=O)[O-]. The molecule has 0 atom stereocenters. The molecule has 29 heavy (non-hydrogen) atoms. The molecule has 0 unspecified atom stereocenters. The van der Waals surface area contributed by atoms with E-state index in [1.165, 1.54) is 18.2 Å². The number of pyridine rings is 1. The first kappa shape index (κ1) is 18.4. The highest BCUT2D eigenvalue weighted by Crippen LogP contribution is 2.24. The summed E-state index contributed by atoms with van der Waals surface area (Å²) >= 11 is 0. The van der Waals surface area contributed by atoms with Gasteiger partial charge in [-0.25, -0.2) is 4.79 Å². The van der Waals surface area contributed by atoms with Crippen LogP contribution in [0.15, 0.2) is 71.5 Å². The number of nitrogens with zero attached hydrogens (tertiary/aromatic N) is 2. The fourth-order valence-corrected chi connectivity index (χ4v) is 3.44. The molecule has 0 radical (unpaired) electrons. The fourth-order valence-electron chi connectivity index (χ4n) is 3.44. The number of aryl methyl sites for hydroxylation is 1. The van der Waals surface area contributed by atoms with Crippen molar-refractivity contribution in [3.63, 3.8) is 0 Å². The van der Waals surface area contributed by atoms with Crippen LogP contribution in [-0.2, 0) is 11.3 Å². The number of hydrogen-bond donors (Lipinski definition) is 0. The topological polar surface area (TPSA) is 91.4 Å². The Bertz CT molecular complexity index is 1280. The normalized spacial score (nSPS) is 10.9. The molecule has 7 heteroatoms. The van der Waals surface area contributed by atoms with Gasteiger partial charge in [-0.2, -0.15) is 0 Å². The summed E-state index contributed by atoms with van der Waals surface area (Å²) in [4.78, 5) is 35.8. The highest BCUT2D eigenvalue weighted by Gasteiger charge is 2.16. The molecule has 3 aromatic carbocycles. The van der Waals surface area contributed by atoms with Gasteiger partial charge in [-0.3, -0.25) is 14.9 Å². The number of nitro benzene ring substituents is 1. The molecule has 0 aliphatic carbocycles. The number of benzene rings is 3. The zero-order valence-corrected chi connectivity index (χ0v) is 15.5. The Morgan fingerprint density at radius 2 is 1.59 bits per heavy atom. The second-order valence-corrected chi connectivity index (χ2v) is 6.63. The third-order valence-corrected chi connectivity index (χ3v) is 4.76. The third kappa shape index (κ3) is 3.34. The summed E-state index contributed by atoms with van der Waals surface area (Å²) in [5, 5.41) is 12.0. The summed E-state index contributed by atoms with van der Waals surface area (Å²) in [6.07, 6.45) is 0. The molecular formula is C22H16N2O5. The lowest BCUT2D eigenvalue weighted by Gasteiger charge is -2.14. The van der Waals surface area contributed by atoms with E-state index >= 15 is 0 Å². The van der Waals surface area contributed by atoms with E-state index in [0.717, 1.165) is 0 Å². The van der Waals surface area contributed by atoms with Gasteiger partial charge in [0.1, 0.15) is 12.3 Å². The number of rotatable bonds is 4. The average molecular weight is 388 g/mol. The number of carbonyl (C=O) groups is 1. The number of para-hydroxylation sites is 2. The van der Waals surface area contributed by atoms with E-state index in [-0.39, 0.29) is 23.4 Å². The van der Waals surface area contributed by atoms with Crippen molar-refractivity contribution in [3.8, 4) is 5.75 Å². The summed E-state index contributed by atoms with van der Waals surface area (Å²) < 4.78 is 7.14. The number of nitro groups is 1. The van der Waals surface area contributed by atoms with Crippen LogP contribution in [-0.4, -0.2) is 15.5 Å². The lowest BCUT2D eigenvalue weighted by molar-refractivity contribution is -0.385. The highest BCUT2D eigenvalue weighted by atomic mass is 16.6. The third-order valence-electron chi connectivity index (χ3n) is 4.76. The zero-order valence-electron chi connectivity index (χ0n) is 15.5. The monoisotopic (exact) mass is 388 g/mol. The lowest BCUT2D eigenvalue weighted by Crippen LogP contribution is -2.20. The van der Waals surface area contributed by atoms with Crippen LogP contribution in [0.2, 0.25) is 0 Å².